The summed E-state index contributed by atoms with van der Waals surface area (Å²) in [6.07, 6.45) is 2.98. The minimum Gasteiger partial charge on any atom is -0.333 e. The van der Waals surface area contributed by atoms with Crippen molar-refractivity contribution in [2.24, 2.45) is 0 Å². The third-order valence-corrected chi connectivity index (χ3v) is 5.20. The molecule has 1 amide bonds. The summed E-state index contributed by atoms with van der Waals surface area (Å²) in [5.41, 5.74) is 3.98. The number of piperidine rings is 1. The van der Waals surface area contributed by atoms with Gasteiger partial charge in [-0.05, 0) is 50.4 Å². The van der Waals surface area contributed by atoms with E-state index in [-0.39, 0.29) is 18.3 Å². The van der Waals surface area contributed by atoms with Crippen LogP contribution in [0.1, 0.15) is 46.2 Å². The van der Waals surface area contributed by atoms with Gasteiger partial charge < -0.3 is 10.2 Å². The molecule has 1 saturated heterocycles. The van der Waals surface area contributed by atoms with Crippen molar-refractivity contribution < 1.29 is 4.79 Å². The predicted molar refractivity (Wildman–Crippen MR) is 98.0 cm³/mol. The van der Waals surface area contributed by atoms with Crippen LogP contribution in [0.25, 0.3) is 0 Å². The monoisotopic (exact) mass is 361 g/mol. The van der Waals surface area contributed by atoms with Crippen molar-refractivity contribution in [3.05, 3.63) is 46.8 Å². The molecule has 2 aliphatic heterocycles. The van der Waals surface area contributed by atoms with Gasteiger partial charge in [-0.3, -0.25) is 4.79 Å². The van der Waals surface area contributed by atoms with E-state index in [4.69, 9.17) is 0 Å². The Bertz CT molecular complexity index is 754. The number of amides is 1. The number of benzene rings is 1. The lowest BCUT2D eigenvalue weighted by Crippen LogP contribution is -2.36. The molecular formula is C18H24ClN5O. The maximum absolute atomic E-state index is 12.9. The lowest BCUT2D eigenvalue weighted by atomic mass is 9.99. The summed E-state index contributed by atoms with van der Waals surface area (Å²) < 4.78 is 1.95. The van der Waals surface area contributed by atoms with E-state index in [0.717, 1.165) is 44.6 Å². The lowest BCUT2D eigenvalue weighted by molar-refractivity contribution is 0.0727. The molecule has 0 aliphatic carbocycles. The van der Waals surface area contributed by atoms with Gasteiger partial charge in [0, 0.05) is 13.1 Å². The third-order valence-electron chi connectivity index (χ3n) is 5.20. The Balaban J connectivity index is 0.00000182. The molecule has 134 valence electrons. The van der Waals surface area contributed by atoms with Gasteiger partial charge >= 0.3 is 0 Å². The van der Waals surface area contributed by atoms with Gasteiger partial charge in [-0.1, -0.05) is 29.5 Å². The summed E-state index contributed by atoms with van der Waals surface area (Å²) >= 11 is 0. The first-order valence-electron chi connectivity index (χ1n) is 8.72. The second-order valence-corrected chi connectivity index (χ2v) is 6.69. The zero-order chi connectivity index (χ0) is 16.5. The summed E-state index contributed by atoms with van der Waals surface area (Å²) in [5, 5.41) is 11.9. The van der Waals surface area contributed by atoms with E-state index < -0.39 is 0 Å². The van der Waals surface area contributed by atoms with Crippen LogP contribution in [0.5, 0.6) is 0 Å². The summed E-state index contributed by atoms with van der Waals surface area (Å²) in [6.45, 7) is 5.36. The number of hydrogen-bond acceptors (Lipinski definition) is 4. The average molecular weight is 362 g/mol. The lowest BCUT2D eigenvalue weighted by Gasteiger charge is -2.28. The molecule has 1 aromatic carbocycles. The SMILES string of the molecule is Cc1c(C(=O)N2CCc3ccccc3C2)nnn1C1CCNCC1.Cl. The topological polar surface area (TPSA) is 63.1 Å². The fourth-order valence-corrected chi connectivity index (χ4v) is 3.76. The van der Waals surface area contributed by atoms with Gasteiger partial charge in [0.2, 0.25) is 0 Å². The summed E-state index contributed by atoms with van der Waals surface area (Å²) in [7, 11) is 0. The van der Waals surface area contributed by atoms with Gasteiger partial charge in [-0.25, -0.2) is 4.68 Å². The van der Waals surface area contributed by atoms with Crippen molar-refractivity contribution in [1.29, 1.82) is 0 Å². The number of carbonyl (C=O) groups is 1. The van der Waals surface area contributed by atoms with Crippen molar-refractivity contribution in [2.75, 3.05) is 19.6 Å². The van der Waals surface area contributed by atoms with E-state index in [0.29, 0.717) is 18.3 Å². The molecule has 7 heteroatoms. The van der Waals surface area contributed by atoms with Crippen LogP contribution in [-0.2, 0) is 13.0 Å². The van der Waals surface area contributed by atoms with Crippen molar-refractivity contribution >= 4 is 18.3 Å². The molecule has 1 aromatic heterocycles. The van der Waals surface area contributed by atoms with Gasteiger partial charge in [0.05, 0.1) is 11.7 Å². The maximum atomic E-state index is 12.9. The van der Waals surface area contributed by atoms with Gasteiger partial charge in [0.1, 0.15) is 0 Å². The van der Waals surface area contributed by atoms with Gasteiger partial charge in [0.25, 0.3) is 5.91 Å². The Morgan fingerprint density at radius 3 is 2.68 bits per heavy atom. The summed E-state index contributed by atoms with van der Waals surface area (Å²) in [6, 6.07) is 8.70. The van der Waals surface area contributed by atoms with Gasteiger partial charge in [0.15, 0.2) is 5.69 Å². The second-order valence-electron chi connectivity index (χ2n) is 6.69. The number of hydrogen-bond donors (Lipinski definition) is 1. The molecule has 0 unspecified atom stereocenters. The maximum Gasteiger partial charge on any atom is 0.276 e. The smallest absolute Gasteiger partial charge is 0.276 e. The highest BCUT2D eigenvalue weighted by Gasteiger charge is 2.27. The molecule has 1 fully saturated rings. The molecule has 0 atom stereocenters. The number of nitrogens with one attached hydrogen (secondary N) is 1. The van der Waals surface area contributed by atoms with E-state index in [1.165, 1.54) is 11.1 Å². The molecule has 2 aromatic rings. The zero-order valence-electron chi connectivity index (χ0n) is 14.4. The van der Waals surface area contributed by atoms with Gasteiger partial charge in [-0.15, -0.1) is 17.5 Å². The fourth-order valence-electron chi connectivity index (χ4n) is 3.76. The van der Waals surface area contributed by atoms with E-state index >= 15 is 0 Å². The van der Waals surface area contributed by atoms with Crippen LogP contribution in [0.3, 0.4) is 0 Å². The quantitative estimate of drug-likeness (QED) is 0.890. The Morgan fingerprint density at radius 1 is 1.20 bits per heavy atom. The number of halogens is 1. The average Bonchev–Trinajstić information content (AvgIpc) is 3.03. The van der Waals surface area contributed by atoms with Crippen molar-refractivity contribution in [2.45, 2.75) is 38.8 Å². The molecule has 3 heterocycles. The predicted octanol–water partition coefficient (Wildman–Crippen LogP) is 2.13. The number of fused-ring (bicyclic) bond motifs is 1. The van der Waals surface area contributed by atoms with Crippen LogP contribution < -0.4 is 5.32 Å². The molecule has 4 rings (SSSR count). The highest BCUT2D eigenvalue weighted by atomic mass is 35.5. The molecule has 2 aliphatic rings. The number of rotatable bonds is 2. The summed E-state index contributed by atoms with van der Waals surface area (Å²) in [4.78, 5) is 14.8. The van der Waals surface area contributed by atoms with Crippen LogP contribution in [-0.4, -0.2) is 45.4 Å². The van der Waals surface area contributed by atoms with Crippen LogP contribution >= 0.6 is 12.4 Å². The van der Waals surface area contributed by atoms with E-state index in [2.05, 4.69) is 33.8 Å². The molecule has 25 heavy (non-hydrogen) atoms. The minimum atomic E-state index is 0. The summed E-state index contributed by atoms with van der Waals surface area (Å²) in [5.74, 6) is 0.00203. The molecule has 0 spiro atoms. The molecule has 0 saturated carbocycles. The number of nitrogens with zero attached hydrogens (tertiary/aromatic N) is 4. The van der Waals surface area contributed by atoms with Crippen LogP contribution in [0.2, 0.25) is 0 Å². The van der Waals surface area contributed by atoms with E-state index in [9.17, 15) is 4.79 Å². The normalized spacial score (nSPS) is 17.7. The molecule has 6 nitrogen and oxygen atoms in total. The first-order chi connectivity index (χ1) is 11.7. The number of aromatic nitrogens is 3. The van der Waals surface area contributed by atoms with Crippen molar-refractivity contribution in [3.63, 3.8) is 0 Å². The third kappa shape index (κ3) is 3.41. The molecule has 0 bridgehead atoms. The Morgan fingerprint density at radius 2 is 1.92 bits per heavy atom. The molecule has 0 radical (unpaired) electrons. The fraction of sp³-hybridized carbons (Fsp3) is 0.500. The molecule has 1 N–H and O–H groups in total. The first-order valence-corrected chi connectivity index (χ1v) is 8.72. The van der Waals surface area contributed by atoms with Crippen molar-refractivity contribution in [1.82, 2.24) is 25.2 Å². The zero-order valence-corrected chi connectivity index (χ0v) is 15.3. The Labute approximate surface area is 154 Å². The Kier molecular flexibility index (Phi) is 5.39. The first kappa shape index (κ1) is 17.9. The van der Waals surface area contributed by atoms with Crippen molar-refractivity contribution in [3.8, 4) is 0 Å². The highest BCUT2D eigenvalue weighted by Crippen LogP contribution is 2.23. The molecular weight excluding hydrogens is 338 g/mol. The van der Waals surface area contributed by atoms with E-state index in [1.807, 2.05) is 22.6 Å². The van der Waals surface area contributed by atoms with Crippen LogP contribution in [0.15, 0.2) is 24.3 Å². The van der Waals surface area contributed by atoms with Crippen LogP contribution in [0, 0.1) is 6.92 Å². The standard InChI is InChI=1S/C18H23N5O.ClH/c1-13-17(20-21-23(13)16-6-9-19-10-7-16)18(24)22-11-8-14-4-2-3-5-15(14)12-22;/h2-5,16,19H,6-12H2,1H3;1H. The van der Waals surface area contributed by atoms with Crippen LogP contribution in [0.4, 0.5) is 0 Å². The number of carbonyl (C=O) groups excluding carboxylic acids is 1. The minimum absolute atomic E-state index is 0. The second kappa shape index (κ2) is 7.54. The van der Waals surface area contributed by atoms with Gasteiger partial charge in [-0.2, -0.15) is 0 Å². The Hall–Kier alpha value is -1.92. The van der Waals surface area contributed by atoms with E-state index in [1.54, 1.807) is 0 Å². The largest absolute Gasteiger partial charge is 0.333 e. The highest BCUT2D eigenvalue weighted by molar-refractivity contribution is 5.93.